The maximum absolute atomic E-state index is 13.6. The quantitative estimate of drug-likeness (QED) is 0.403. The molecule has 2 fully saturated rings. The fourth-order valence-corrected chi connectivity index (χ4v) is 5.83. The number of piperazine rings is 1. The highest BCUT2D eigenvalue weighted by molar-refractivity contribution is 5.83. The number of nitrogens with zero attached hydrogens (tertiary/aromatic N) is 6. The van der Waals surface area contributed by atoms with Crippen molar-refractivity contribution < 1.29 is 9.84 Å². The van der Waals surface area contributed by atoms with Crippen molar-refractivity contribution in [2.45, 2.75) is 45.4 Å². The normalized spacial score (nSPS) is 19.3. The van der Waals surface area contributed by atoms with Crippen molar-refractivity contribution in [2.24, 2.45) is 0 Å². The van der Waals surface area contributed by atoms with E-state index in [0.717, 1.165) is 73.3 Å². The van der Waals surface area contributed by atoms with E-state index in [1.807, 2.05) is 29.8 Å². The van der Waals surface area contributed by atoms with E-state index in [0.29, 0.717) is 17.9 Å². The summed E-state index contributed by atoms with van der Waals surface area (Å²) >= 11 is 0. The molecule has 0 amide bonds. The molecule has 4 heterocycles. The van der Waals surface area contributed by atoms with E-state index >= 15 is 0 Å². The van der Waals surface area contributed by atoms with Gasteiger partial charge in [-0.3, -0.25) is 9.69 Å². The predicted molar refractivity (Wildman–Crippen MR) is 145 cm³/mol. The molecule has 0 bridgehead atoms. The Bertz CT molecular complexity index is 1480. The van der Waals surface area contributed by atoms with Gasteiger partial charge < -0.3 is 19.7 Å². The van der Waals surface area contributed by atoms with Crippen LogP contribution in [0.4, 0.5) is 5.69 Å². The standard InChI is InChI=1S/C28H33N7O3/c1-18-14-19(2)25-20(15-18)16-24(28(37)29-25)26(27-30-31-32-35(27)17-23-4-3-13-38-23)34-11-9-33(10-12-34)21-5-7-22(36)8-6-21/h5-8,14-16,23,26,36H,3-4,9-13,17H2,1-2H3,(H,29,37)/t23-,26-/m0/s1. The smallest absolute Gasteiger partial charge is 0.253 e. The van der Waals surface area contributed by atoms with Crippen molar-refractivity contribution in [3.8, 4) is 5.75 Å². The Morgan fingerprint density at radius 2 is 1.89 bits per heavy atom. The molecule has 2 aromatic carbocycles. The molecule has 198 valence electrons. The van der Waals surface area contributed by atoms with Crippen molar-refractivity contribution in [3.05, 3.63) is 75.3 Å². The molecule has 2 aliphatic rings. The highest BCUT2D eigenvalue weighted by Gasteiger charge is 2.33. The van der Waals surface area contributed by atoms with Crippen LogP contribution in [0.1, 0.15) is 41.4 Å². The lowest BCUT2D eigenvalue weighted by atomic mass is 10.00. The molecule has 2 N–H and O–H groups in total. The van der Waals surface area contributed by atoms with E-state index in [1.165, 1.54) is 0 Å². The third-order valence-corrected chi connectivity index (χ3v) is 7.72. The molecule has 0 saturated carbocycles. The van der Waals surface area contributed by atoms with Crippen LogP contribution in [0, 0.1) is 13.8 Å². The maximum Gasteiger partial charge on any atom is 0.253 e. The molecule has 10 heteroatoms. The molecule has 4 aromatic rings. The van der Waals surface area contributed by atoms with Crippen LogP contribution in [0.15, 0.2) is 47.3 Å². The molecule has 2 aromatic heterocycles. The SMILES string of the molecule is Cc1cc(C)c2[nH]c(=O)c([C@@H](c3nnnn3C[C@@H]3CCCO3)N3CCN(c4ccc(O)cc4)CC3)cc2c1. The summed E-state index contributed by atoms with van der Waals surface area (Å²) < 4.78 is 7.69. The van der Waals surface area contributed by atoms with Crippen LogP contribution in [0.3, 0.4) is 0 Å². The Balaban J connectivity index is 1.38. The van der Waals surface area contributed by atoms with E-state index in [4.69, 9.17) is 4.74 Å². The van der Waals surface area contributed by atoms with Gasteiger partial charge >= 0.3 is 0 Å². The summed E-state index contributed by atoms with van der Waals surface area (Å²) in [6.07, 6.45) is 2.09. The van der Waals surface area contributed by atoms with Crippen LogP contribution in [0.5, 0.6) is 5.75 Å². The molecule has 10 nitrogen and oxygen atoms in total. The largest absolute Gasteiger partial charge is 0.508 e. The molecular weight excluding hydrogens is 482 g/mol. The summed E-state index contributed by atoms with van der Waals surface area (Å²) in [5, 5.41) is 23.5. The first-order valence-electron chi connectivity index (χ1n) is 13.3. The summed E-state index contributed by atoms with van der Waals surface area (Å²) in [7, 11) is 0. The predicted octanol–water partition coefficient (Wildman–Crippen LogP) is 2.93. The fraction of sp³-hybridized carbons (Fsp3) is 0.429. The second-order valence-corrected chi connectivity index (χ2v) is 10.4. The number of aryl methyl sites for hydroxylation is 2. The lowest BCUT2D eigenvalue weighted by Gasteiger charge is -2.39. The fourth-order valence-electron chi connectivity index (χ4n) is 5.83. The Morgan fingerprint density at radius 1 is 1.11 bits per heavy atom. The Hall–Kier alpha value is -3.76. The van der Waals surface area contributed by atoms with Gasteiger partial charge in [0.1, 0.15) is 11.8 Å². The molecular formula is C28H33N7O3. The number of tetrazole rings is 1. The monoisotopic (exact) mass is 515 g/mol. The summed E-state index contributed by atoms with van der Waals surface area (Å²) in [5.74, 6) is 0.916. The highest BCUT2D eigenvalue weighted by atomic mass is 16.5. The number of hydrogen-bond donors (Lipinski definition) is 2. The Morgan fingerprint density at radius 3 is 2.63 bits per heavy atom. The Labute approximate surface area is 220 Å². The first kappa shape index (κ1) is 24.6. The number of fused-ring (bicyclic) bond motifs is 1. The van der Waals surface area contributed by atoms with Crippen LogP contribution in [0.25, 0.3) is 10.9 Å². The van der Waals surface area contributed by atoms with Gasteiger partial charge in [0, 0.05) is 44.0 Å². The lowest BCUT2D eigenvalue weighted by molar-refractivity contribution is 0.0906. The van der Waals surface area contributed by atoms with Crippen molar-refractivity contribution in [1.29, 1.82) is 0 Å². The number of benzene rings is 2. The average molecular weight is 516 g/mol. The summed E-state index contributed by atoms with van der Waals surface area (Å²) in [5.41, 5.74) is 4.64. The summed E-state index contributed by atoms with van der Waals surface area (Å²) in [6, 6.07) is 13.1. The van der Waals surface area contributed by atoms with Gasteiger partial charge in [0.05, 0.1) is 18.2 Å². The van der Waals surface area contributed by atoms with Gasteiger partial charge in [-0.25, -0.2) is 4.68 Å². The third-order valence-electron chi connectivity index (χ3n) is 7.72. The number of hydrogen-bond acceptors (Lipinski definition) is 8. The number of phenols is 1. The van der Waals surface area contributed by atoms with Crippen LogP contribution in [-0.4, -0.2) is 74.1 Å². The minimum absolute atomic E-state index is 0.0735. The molecule has 0 spiro atoms. The molecule has 2 aliphatic heterocycles. The molecule has 0 unspecified atom stereocenters. The highest BCUT2D eigenvalue weighted by Crippen LogP contribution is 2.30. The molecule has 6 rings (SSSR count). The number of rotatable bonds is 6. The lowest BCUT2D eigenvalue weighted by Crippen LogP contribution is -2.49. The zero-order valence-corrected chi connectivity index (χ0v) is 21.8. The third kappa shape index (κ3) is 4.77. The van der Waals surface area contributed by atoms with Gasteiger partial charge in [-0.1, -0.05) is 11.6 Å². The molecule has 38 heavy (non-hydrogen) atoms. The first-order chi connectivity index (χ1) is 18.5. The van der Waals surface area contributed by atoms with Crippen molar-refractivity contribution in [1.82, 2.24) is 30.1 Å². The van der Waals surface area contributed by atoms with Crippen molar-refractivity contribution >= 4 is 16.6 Å². The van der Waals surface area contributed by atoms with E-state index < -0.39 is 6.04 Å². The number of ether oxygens (including phenoxy) is 1. The van der Waals surface area contributed by atoms with Crippen LogP contribution < -0.4 is 10.5 Å². The maximum atomic E-state index is 13.6. The minimum atomic E-state index is -0.401. The van der Waals surface area contributed by atoms with Gasteiger partial charge in [0.2, 0.25) is 0 Å². The number of aromatic hydroxyl groups is 1. The molecule has 2 saturated heterocycles. The Kier molecular flexibility index (Phi) is 6.59. The number of anilines is 1. The van der Waals surface area contributed by atoms with Gasteiger partial charge in [0.25, 0.3) is 5.56 Å². The minimum Gasteiger partial charge on any atom is -0.508 e. The van der Waals surface area contributed by atoms with Gasteiger partial charge in [-0.05, 0) is 84.5 Å². The van der Waals surface area contributed by atoms with Crippen LogP contribution in [-0.2, 0) is 11.3 Å². The van der Waals surface area contributed by atoms with E-state index in [1.54, 1.807) is 12.1 Å². The number of aromatic amines is 1. The van der Waals surface area contributed by atoms with Crippen molar-refractivity contribution in [3.63, 3.8) is 0 Å². The second-order valence-electron chi connectivity index (χ2n) is 10.4. The van der Waals surface area contributed by atoms with Crippen LogP contribution >= 0.6 is 0 Å². The first-order valence-corrected chi connectivity index (χ1v) is 13.3. The number of phenolic OH excluding ortho intramolecular Hbond substituents is 1. The van der Waals surface area contributed by atoms with Gasteiger partial charge in [-0.2, -0.15) is 0 Å². The van der Waals surface area contributed by atoms with Gasteiger partial charge in [0.15, 0.2) is 5.82 Å². The molecule has 2 atom stereocenters. The number of H-pyrrole nitrogens is 1. The van der Waals surface area contributed by atoms with E-state index in [9.17, 15) is 9.90 Å². The number of nitrogens with one attached hydrogen (secondary N) is 1. The summed E-state index contributed by atoms with van der Waals surface area (Å²) in [4.78, 5) is 21.3. The van der Waals surface area contributed by atoms with E-state index in [2.05, 4.69) is 49.4 Å². The topological polar surface area (TPSA) is 112 Å². The number of aromatic nitrogens is 5. The van der Waals surface area contributed by atoms with E-state index in [-0.39, 0.29) is 17.4 Å². The number of pyridine rings is 1. The zero-order chi connectivity index (χ0) is 26.2. The molecule has 0 aliphatic carbocycles. The average Bonchev–Trinajstić information content (AvgIpc) is 3.59. The van der Waals surface area contributed by atoms with Gasteiger partial charge in [-0.15, -0.1) is 5.10 Å². The summed E-state index contributed by atoms with van der Waals surface area (Å²) in [6.45, 7) is 8.41. The van der Waals surface area contributed by atoms with Crippen LogP contribution in [0.2, 0.25) is 0 Å². The van der Waals surface area contributed by atoms with Crippen molar-refractivity contribution in [2.75, 3.05) is 37.7 Å². The zero-order valence-electron chi connectivity index (χ0n) is 21.8. The second kappa shape index (κ2) is 10.2. The molecule has 0 radical (unpaired) electrons.